The van der Waals surface area contributed by atoms with Gasteiger partial charge in [-0.05, 0) is 63.1 Å². The molecule has 2 aromatic rings. The Morgan fingerprint density at radius 2 is 1.79 bits per heavy atom. The average Bonchev–Trinajstić information content (AvgIpc) is 3.22. The van der Waals surface area contributed by atoms with Crippen molar-refractivity contribution in [3.05, 3.63) is 65.7 Å². The minimum Gasteiger partial charge on any atom is -0.376 e. The molecule has 1 saturated heterocycles. The molecule has 1 unspecified atom stereocenters. The van der Waals surface area contributed by atoms with Gasteiger partial charge in [-0.2, -0.15) is 8.42 Å². The lowest BCUT2D eigenvalue weighted by Gasteiger charge is -2.38. The number of rotatable bonds is 11. The second-order valence-electron chi connectivity index (χ2n) is 9.49. The van der Waals surface area contributed by atoms with Crippen molar-refractivity contribution in [2.45, 2.75) is 75.8 Å². The molecule has 0 radical (unpaired) electrons. The van der Waals surface area contributed by atoms with Crippen molar-refractivity contribution >= 4 is 10.1 Å². The Morgan fingerprint density at radius 3 is 2.53 bits per heavy atom. The molecule has 6 nitrogen and oxygen atoms in total. The van der Waals surface area contributed by atoms with E-state index in [1.54, 1.807) is 24.3 Å². The third-order valence-electron chi connectivity index (χ3n) is 6.93. The van der Waals surface area contributed by atoms with E-state index < -0.39 is 10.1 Å². The number of aryl methyl sites for hydroxylation is 1. The van der Waals surface area contributed by atoms with Crippen molar-refractivity contribution in [2.75, 3.05) is 19.8 Å². The summed E-state index contributed by atoms with van der Waals surface area (Å²) in [7, 11) is -3.81. The molecule has 0 spiro atoms. The Kier molecular flexibility index (Phi) is 8.77. The van der Waals surface area contributed by atoms with Gasteiger partial charge in [0.25, 0.3) is 10.1 Å². The fraction of sp³-hybridized carbons (Fsp3) is 0.556. The summed E-state index contributed by atoms with van der Waals surface area (Å²) in [6.07, 6.45) is 6.22. The maximum Gasteiger partial charge on any atom is 0.296 e. The fourth-order valence-electron chi connectivity index (χ4n) is 4.92. The summed E-state index contributed by atoms with van der Waals surface area (Å²) in [5.41, 5.74) is 1.81. The molecule has 1 saturated carbocycles. The molecular formula is C27H36O6S. The lowest BCUT2D eigenvalue weighted by atomic mass is 9.81. The lowest BCUT2D eigenvalue weighted by Crippen LogP contribution is -2.41. The van der Waals surface area contributed by atoms with Crippen molar-refractivity contribution in [1.29, 1.82) is 0 Å². The van der Waals surface area contributed by atoms with Gasteiger partial charge in [-0.1, -0.05) is 54.4 Å². The SMILES string of the molecule is Cc1ccc(S(=O)(=O)OCC[C@]2(COCc3ccccc3)CCC[C@H]2OC2CCCCO2)cc1. The zero-order chi connectivity index (χ0) is 23.9. The van der Waals surface area contributed by atoms with E-state index in [1.807, 2.05) is 37.3 Å². The van der Waals surface area contributed by atoms with Crippen LogP contribution in [0.25, 0.3) is 0 Å². The van der Waals surface area contributed by atoms with E-state index in [0.717, 1.165) is 56.3 Å². The molecule has 3 atom stereocenters. The van der Waals surface area contributed by atoms with Crippen LogP contribution in [0.5, 0.6) is 0 Å². The topological polar surface area (TPSA) is 71.1 Å². The molecule has 1 heterocycles. The Bertz CT molecular complexity index is 986. The van der Waals surface area contributed by atoms with E-state index >= 15 is 0 Å². The number of benzene rings is 2. The summed E-state index contributed by atoms with van der Waals surface area (Å²) in [6, 6.07) is 16.8. The van der Waals surface area contributed by atoms with Crippen LogP contribution in [-0.4, -0.2) is 40.6 Å². The van der Waals surface area contributed by atoms with Crippen LogP contribution >= 0.6 is 0 Å². The first kappa shape index (κ1) is 25.3. The Hall–Kier alpha value is -1.77. The molecule has 1 aliphatic heterocycles. The largest absolute Gasteiger partial charge is 0.376 e. The number of hydrogen-bond acceptors (Lipinski definition) is 6. The predicted molar refractivity (Wildman–Crippen MR) is 130 cm³/mol. The smallest absolute Gasteiger partial charge is 0.296 e. The van der Waals surface area contributed by atoms with E-state index in [4.69, 9.17) is 18.4 Å². The van der Waals surface area contributed by atoms with Gasteiger partial charge < -0.3 is 14.2 Å². The van der Waals surface area contributed by atoms with Gasteiger partial charge in [0.1, 0.15) is 0 Å². The van der Waals surface area contributed by atoms with Gasteiger partial charge >= 0.3 is 0 Å². The molecule has 2 fully saturated rings. The third-order valence-corrected chi connectivity index (χ3v) is 8.25. The molecule has 0 N–H and O–H groups in total. The van der Waals surface area contributed by atoms with Gasteiger partial charge in [-0.3, -0.25) is 4.18 Å². The van der Waals surface area contributed by atoms with Gasteiger partial charge in [-0.25, -0.2) is 0 Å². The monoisotopic (exact) mass is 488 g/mol. The Morgan fingerprint density at radius 1 is 1.00 bits per heavy atom. The second kappa shape index (κ2) is 11.8. The highest BCUT2D eigenvalue weighted by atomic mass is 32.2. The second-order valence-corrected chi connectivity index (χ2v) is 11.1. The first-order valence-electron chi connectivity index (χ1n) is 12.3. The molecule has 2 aliphatic rings. The summed E-state index contributed by atoms with van der Waals surface area (Å²) in [4.78, 5) is 0.183. The van der Waals surface area contributed by atoms with Gasteiger partial charge in [0, 0.05) is 12.0 Å². The van der Waals surface area contributed by atoms with Crippen LogP contribution in [0.15, 0.2) is 59.5 Å². The predicted octanol–water partition coefficient (Wildman–Crippen LogP) is 5.39. The summed E-state index contributed by atoms with van der Waals surface area (Å²) in [5, 5.41) is 0. The molecule has 0 bridgehead atoms. The number of ether oxygens (including phenoxy) is 3. The maximum atomic E-state index is 12.7. The van der Waals surface area contributed by atoms with Crippen LogP contribution in [0.3, 0.4) is 0 Å². The van der Waals surface area contributed by atoms with Gasteiger partial charge in [0.2, 0.25) is 0 Å². The highest BCUT2D eigenvalue weighted by molar-refractivity contribution is 7.86. The molecular weight excluding hydrogens is 452 g/mol. The van der Waals surface area contributed by atoms with E-state index in [-0.39, 0.29) is 29.3 Å². The molecule has 2 aromatic carbocycles. The molecule has 4 rings (SSSR count). The highest BCUT2D eigenvalue weighted by Crippen LogP contribution is 2.45. The van der Waals surface area contributed by atoms with Crippen LogP contribution in [0.1, 0.15) is 56.1 Å². The van der Waals surface area contributed by atoms with Crippen molar-refractivity contribution in [1.82, 2.24) is 0 Å². The molecule has 0 aromatic heterocycles. The first-order valence-corrected chi connectivity index (χ1v) is 13.7. The normalized spacial score (nSPS) is 25.4. The Balaban J connectivity index is 1.42. The summed E-state index contributed by atoms with van der Waals surface area (Å²) >= 11 is 0. The molecule has 186 valence electrons. The summed E-state index contributed by atoms with van der Waals surface area (Å²) in [6.45, 7) is 3.75. The van der Waals surface area contributed by atoms with Crippen LogP contribution < -0.4 is 0 Å². The molecule has 1 aliphatic carbocycles. The van der Waals surface area contributed by atoms with Crippen molar-refractivity contribution < 1.29 is 26.8 Å². The quantitative estimate of drug-likeness (QED) is 0.395. The van der Waals surface area contributed by atoms with Gasteiger partial charge in [0.15, 0.2) is 6.29 Å². The summed E-state index contributed by atoms with van der Waals surface area (Å²) < 4.78 is 49.4. The standard InChI is InChI=1S/C27H36O6S/c1-22-12-14-24(15-13-22)34(28,29)32-19-17-27(21-30-20-23-8-3-2-4-9-23)16-7-10-25(27)33-26-11-5-6-18-31-26/h2-4,8-9,12-15,25-26H,5-7,10-11,16-21H2,1H3/t25-,26?,27+/m1/s1. The van der Waals surface area contributed by atoms with Gasteiger partial charge in [0.05, 0.1) is 30.8 Å². The zero-order valence-corrected chi connectivity index (χ0v) is 20.8. The van der Waals surface area contributed by atoms with E-state index in [9.17, 15) is 8.42 Å². The van der Waals surface area contributed by atoms with Crippen molar-refractivity contribution in [2.24, 2.45) is 5.41 Å². The fourth-order valence-corrected chi connectivity index (χ4v) is 5.83. The van der Waals surface area contributed by atoms with E-state index in [1.165, 1.54) is 0 Å². The number of hydrogen-bond donors (Lipinski definition) is 0. The Labute approximate surface area is 203 Å². The van der Waals surface area contributed by atoms with Crippen LogP contribution in [0.2, 0.25) is 0 Å². The molecule has 0 amide bonds. The molecule has 34 heavy (non-hydrogen) atoms. The van der Waals surface area contributed by atoms with Gasteiger partial charge in [-0.15, -0.1) is 0 Å². The van der Waals surface area contributed by atoms with Crippen LogP contribution in [-0.2, 0) is 35.1 Å². The average molecular weight is 489 g/mol. The lowest BCUT2D eigenvalue weighted by molar-refractivity contribution is -0.214. The van der Waals surface area contributed by atoms with Crippen LogP contribution in [0.4, 0.5) is 0 Å². The summed E-state index contributed by atoms with van der Waals surface area (Å²) in [5.74, 6) is 0. The zero-order valence-electron chi connectivity index (χ0n) is 20.0. The molecule has 7 heteroatoms. The van der Waals surface area contributed by atoms with Crippen molar-refractivity contribution in [3.63, 3.8) is 0 Å². The maximum absolute atomic E-state index is 12.7. The minimum atomic E-state index is -3.81. The first-order chi connectivity index (χ1) is 16.5. The minimum absolute atomic E-state index is 0.0444. The van der Waals surface area contributed by atoms with E-state index in [2.05, 4.69) is 0 Å². The third kappa shape index (κ3) is 6.67. The van der Waals surface area contributed by atoms with Crippen molar-refractivity contribution in [3.8, 4) is 0 Å². The van der Waals surface area contributed by atoms with Crippen LogP contribution in [0, 0.1) is 12.3 Å². The highest BCUT2D eigenvalue weighted by Gasteiger charge is 2.45. The van der Waals surface area contributed by atoms with E-state index in [0.29, 0.717) is 19.6 Å².